The molecule has 8 nitrogen and oxygen atoms in total. The topological polar surface area (TPSA) is 122 Å². The van der Waals surface area contributed by atoms with E-state index in [-0.39, 0.29) is 5.91 Å². The predicted octanol–water partition coefficient (Wildman–Crippen LogP) is 0.694. The molecule has 0 saturated carbocycles. The number of carbonyl (C=O) groups is 3. The Morgan fingerprint density at radius 3 is 2.61 bits per heavy atom. The van der Waals surface area contributed by atoms with Crippen LogP contribution in [0, 0.1) is 0 Å². The maximum Gasteiger partial charge on any atom is 0.407 e. The number of carbonyl (C=O) groups excluding carboxylic acids is 2. The number of carboxylic acids is 1. The number of nitrogens with two attached hydrogens (primary N) is 1. The van der Waals surface area contributed by atoms with Crippen LogP contribution >= 0.6 is 0 Å². The molecule has 1 saturated heterocycles. The average molecular weight is 329 g/mol. The highest BCUT2D eigenvalue weighted by atomic mass is 16.6. The van der Waals surface area contributed by atoms with Crippen LogP contribution in [-0.2, 0) is 14.3 Å². The fraction of sp³-hybridized carbons (Fsp3) is 0.800. The molecule has 23 heavy (non-hydrogen) atoms. The number of nitrogens with zero attached hydrogens (tertiary/aromatic N) is 1. The van der Waals surface area contributed by atoms with E-state index in [2.05, 4.69) is 5.32 Å². The van der Waals surface area contributed by atoms with Gasteiger partial charge in [-0.2, -0.15) is 0 Å². The van der Waals surface area contributed by atoms with Crippen LogP contribution in [0.2, 0.25) is 0 Å². The van der Waals surface area contributed by atoms with Gasteiger partial charge < -0.3 is 25.8 Å². The molecule has 0 bridgehead atoms. The number of rotatable bonds is 6. The van der Waals surface area contributed by atoms with E-state index in [1.807, 2.05) is 0 Å². The van der Waals surface area contributed by atoms with Gasteiger partial charge in [-0.3, -0.25) is 4.79 Å². The van der Waals surface area contributed by atoms with Gasteiger partial charge in [0.1, 0.15) is 11.6 Å². The highest BCUT2D eigenvalue weighted by Gasteiger charge is 2.35. The number of aliphatic carboxylic acids is 1. The second-order valence-electron chi connectivity index (χ2n) is 6.71. The Hall–Kier alpha value is -1.83. The lowest BCUT2D eigenvalue weighted by atomic mass is 10.1. The molecular formula is C15H27N3O5. The first-order valence-corrected chi connectivity index (χ1v) is 7.87. The summed E-state index contributed by atoms with van der Waals surface area (Å²) in [5.41, 5.74) is 5.29. The van der Waals surface area contributed by atoms with E-state index in [0.29, 0.717) is 38.8 Å². The van der Waals surface area contributed by atoms with Crippen LogP contribution in [0.1, 0.15) is 46.5 Å². The Morgan fingerprint density at radius 1 is 1.39 bits per heavy atom. The molecule has 8 heteroatoms. The average Bonchev–Trinajstić information content (AvgIpc) is 2.90. The van der Waals surface area contributed by atoms with Gasteiger partial charge in [0.15, 0.2) is 0 Å². The van der Waals surface area contributed by atoms with Crippen molar-refractivity contribution in [2.45, 2.75) is 64.1 Å². The third-order valence-electron chi connectivity index (χ3n) is 3.50. The molecule has 0 unspecified atom stereocenters. The molecule has 0 aromatic heterocycles. The first kappa shape index (κ1) is 19.2. The molecule has 0 radical (unpaired) electrons. The Morgan fingerprint density at radius 2 is 2.04 bits per heavy atom. The molecule has 2 amide bonds. The van der Waals surface area contributed by atoms with Gasteiger partial charge in [-0.25, -0.2) is 9.59 Å². The second-order valence-corrected chi connectivity index (χ2v) is 6.71. The summed E-state index contributed by atoms with van der Waals surface area (Å²) in [7, 11) is 0. The minimum Gasteiger partial charge on any atom is -0.480 e. The maximum atomic E-state index is 12.2. The van der Waals surface area contributed by atoms with E-state index in [9.17, 15) is 14.4 Å². The molecule has 1 heterocycles. The minimum atomic E-state index is -0.991. The van der Waals surface area contributed by atoms with Crippen LogP contribution < -0.4 is 11.1 Å². The van der Waals surface area contributed by atoms with Crippen LogP contribution in [0.4, 0.5) is 4.79 Å². The number of hydrogen-bond donors (Lipinski definition) is 3. The molecule has 4 N–H and O–H groups in total. The monoisotopic (exact) mass is 329 g/mol. The Balaban J connectivity index is 2.31. The second kappa shape index (κ2) is 8.14. The van der Waals surface area contributed by atoms with Crippen LogP contribution in [0.25, 0.3) is 0 Å². The number of hydrogen-bond acceptors (Lipinski definition) is 5. The van der Waals surface area contributed by atoms with Gasteiger partial charge in [0.25, 0.3) is 0 Å². The number of alkyl carbamates (subject to hydrolysis) is 1. The van der Waals surface area contributed by atoms with Crippen molar-refractivity contribution in [3.05, 3.63) is 0 Å². The van der Waals surface area contributed by atoms with Crippen molar-refractivity contribution in [2.24, 2.45) is 5.73 Å². The molecule has 1 fully saturated rings. The van der Waals surface area contributed by atoms with E-state index in [1.54, 1.807) is 20.8 Å². The summed E-state index contributed by atoms with van der Waals surface area (Å²) in [6.07, 6.45) is 1.52. The highest BCUT2D eigenvalue weighted by Crippen LogP contribution is 2.18. The van der Waals surface area contributed by atoms with Crippen molar-refractivity contribution in [1.29, 1.82) is 0 Å². The molecule has 2 atom stereocenters. The summed E-state index contributed by atoms with van der Waals surface area (Å²) in [5.74, 6) is -1.33. The van der Waals surface area contributed by atoms with E-state index in [4.69, 9.17) is 15.6 Å². The van der Waals surface area contributed by atoms with Crippen molar-refractivity contribution in [3.8, 4) is 0 Å². The summed E-state index contributed by atoms with van der Waals surface area (Å²) in [6.45, 7) is 6.10. The van der Waals surface area contributed by atoms with Gasteiger partial charge in [0.2, 0.25) is 5.91 Å². The van der Waals surface area contributed by atoms with Gasteiger partial charge >= 0.3 is 12.1 Å². The van der Waals surface area contributed by atoms with Crippen LogP contribution in [0.15, 0.2) is 0 Å². The van der Waals surface area contributed by atoms with E-state index in [1.165, 1.54) is 4.90 Å². The summed E-state index contributed by atoms with van der Waals surface area (Å²) in [6, 6.07) is -1.52. The number of nitrogens with one attached hydrogen (secondary N) is 1. The zero-order chi connectivity index (χ0) is 17.6. The SMILES string of the molecule is CC(C)(C)OC(=O)NCCC[C@H](N)C(=O)N1CCC[C@H]1C(=O)O. The van der Waals surface area contributed by atoms with Crippen molar-refractivity contribution < 1.29 is 24.2 Å². The van der Waals surface area contributed by atoms with Gasteiger partial charge in [0.05, 0.1) is 6.04 Å². The van der Waals surface area contributed by atoms with Crippen molar-refractivity contribution in [1.82, 2.24) is 10.2 Å². The van der Waals surface area contributed by atoms with Gasteiger partial charge in [0, 0.05) is 13.1 Å². The van der Waals surface area contributed by atoms with Crippen molar-refractivity contribution in [3.63, 3.8) is 0 Å². The minimum absolute atomic E-state index is 0.341. The third-order valence-corrected chi connectivity index (χ3v) is 3.50. The fourth-order valence-corrected chi connectivity index (χ4v) is 2.45. The number of ether oxygens (including phenoxy) is 1. The standard InChI is InChI=1S/C15H27N3O5/c1-15(2,3)23-14(22)17-8-4-6-10(16)12(19)18-9-5-7-11(18)13(20)21/h10-11H,4-9,16H2,1-3H3,(H,17,22)(H,20,21)/t10-,11-/m0/s1. The van der Waals surface area contributed by atoms with Crippen LogP contribution in [-0.4, -0.2) is 58.8 Å². The first-order chi connectivity index (χ1) is 10.6. The Bertz CT molecular complexity index is 447. The number of amides is 2. The van der Waals surface area contributed by atoms with E-state index in [0.717, 1.165) is 0 Å². The normalized spacial score (nSPS) is 19.3. The molecule has 0 aromatic rings. The Labute approximate surface area is 136 Å². The lowest BCUT2D eigenvalue weighted by molar-refractivity contribution is -0.148. The number of carboxylic acid groups (broad SMARTS) is 1. The molecule has 0 aromatic carbocycles. The summed E-state index contributed by atoms with van der Waals surface area (Å²) in [5, 5.41) is 11.7. The predicted molar refractivity (Wildman–Crippen MR) is 83.8 cm³/mol. The molecule has 1 rings (SSSR count). The Kier molecular flexibility index (Phi) is 6.80. The number of likely N-dealkylation sites (tertiary alicyclic amines) is 1. The smallest absolute Gasteiger partial charge is 0.407 e. The summed E-state index contributed by atoms with van der Waals surface area (Å²) >= 11 is 0. The largest absolute Gasteiger partial charge is 0.480 e. The lowest BCUT2D eigenvalue weighted by Gasteiger charge is -2.24. The van der Waals surface area contributed by atoms with E-state index < -0.39 is 29.7 Å². The highest BCUT2D eigenvalue weighted by molar-refractivity contribution is 5.87. The summed E-state index contributed by atoms with van der Waals surface area (Å²) in [4.78, 5) is 36.1. The van der Waals surface area contributed by atoms with Crippen molar-refractivity contribution in [2.75, 3.05) is 13.1 Å². The molecule has 1 aliphatic heterocycles. The zero-order valence-electron chi connectivity index (χ0n) is 14.0. The molecule has 132 valence electrons. The molecular weight excluding hydrogens is 302 g/mol. The zero-order valence-corrected chi connectivity index (χ0v) is 14.0. The van der Waals surface area contributed by atoms with Crippen LogP contribution in [0.5, 0.6) is 0 Å². The van der Waals surface area contributed by atoms with Crippen LogP contribution in [0.3, 0.4) is 0 Å². The third kappa shape index (κ3) is 6.43. The van der Waals surface area contributed by atoms with Gasteiger partial charge in [-0.05, 0) is 46.5 Å². The van der Waals surface area contributed by atoms with Crippen molar-refractivity contribution >= 4 is 18.0 Å². The maximum absolute atomic E-state index is 12.2. The molecule has 0 spiro atoms. The summed E-state index contributed by atoms with van der Waals surface area (Å²) < 4.78 is 5.09. The van der Waals surface area contributed by atoms with Gasteiger partial charge in [-0.15, -0.1) is 0 Å². The first-order valence-electron chi connectivity index (χ1n) is 7.87. The molecule has 1 aliphatic rings. The quantitative estimate of drug-likeness (QED) is 0.616. The lowest BCUT2D eigenvalue weighted by Crippen LogP contribution is -2.48. The fourth-order valence-electron chi connectivity index (χ4n) is 2.45. The van der Waals surface area contributed by atoms with Gasteiger partial charge in [-0.1, -0.05) is 0 Å². The molecule has 0 aliphatic carbocycles. The van der Waals surface area contributed by atoms with E-state index >= 15 is 0 Å².